The zero-order valence-electron chi connectivity index (χ0n) is 13.0. The lowest BCUT2D eigenvalue weighted by Gasteiger charge is -2.43. The van der Waals surface area contributed by atoms with E-state index in [9.17, 15) is 4.79 Å². The Hall–Kier alpha value is -0.810. The molecule has 0 bridgehead atoms. The van der Waals surface area contributed by atoms with Crippen LogP contribution < -0.4 is 0 Å². The summed E-state index contributed by atoms with van der Waals surface area (Å²) in [6.45, 7) is 6.60. The standard InChI is InChI=1S/C15H20Cl2N2O3/c1-5-6-14(17)13(20)11(16)12(15(14,21-3)22-4)19-9-7-18(2)8-10-19/h6H,1,7-10H2,2-4H3. The van der Waals surface area contributed by atoms with Crippen LogP contribution in [0.1, 0.15) is 0 Å². The topological polar surface area (TPSA) is 42.0 Å². The van der Waals surface area contributed by atoms with Gasteiger partial charge in [-0.1, -0.05) is 29.8 Å². The van der Waals surface area contributed by atoms with Gasteiger partial charge in [-0.25, -0.2) is 0 Å². The van der Waals surface area contributed by atoms with Gasteiger partial charge in [0.15, 0.2) is 4.87 Å². The van der Waals surface area contributed by atoms with Crippen molar-refractivity contribution in [3.8, 4) is 0 Å². The molecule has 0 N–H and O–H groups in total. The molecule has 1 atom stereocenters. The van der Waals surface area contributed by atoms with Crippen LogP contribution in [-0.4, -0.2) is 73.7 Å². The van der Waals surface area contributed by atoms with Gasteiger partial charge in [-0.3, -0.25) is 4.79 Å². The Morgan fingerprint density at radius 3 is 2.27 bits per heavy atom. The molecule has 0 aromatic heterocycles. The predicted molar refractivity (Wildman–Crippen MR) is 86.0 cm³/mol. The summed E-state index contributed by atoms with van der Waals surface area (Å²) in [4.78, 5) is 15.2. The molecule has 0 radical (unpaired) electrons. The highest BCUT2D eigenvalue weighted by molar-refractivity contribution is 6.53. The van der Waals surface area contributed by atoms with E-state index in [1.807, 2.05) is 11.9 Å². The summed E-state index contributed by atoms with van der Waals surface area (Å²) >= 11 is 12.9. The van der Waals surface area contributed by atoms with Crippen LogP contribution in [0.15, 0.2) is 29.1 Å². The predicted octanol–water partition coefficient (Wildman–Crippen LogP) is 1.57. The van der Waals surface area contributed by atoms with Crippen LogP contribution in [0, 0.1) is 0 Å². The highest BCUT2D eigenvalue weighted by atomic mass is 35.5. The van der Waals surface area contributed by atoms with Crippen molar-refractivity contribution in [1.82, 2.24) is 9.80 Å². The Balaban J connectivity index is 2.54. The molecule has 5 nitrogen and oxygen atoms in total. The summed E-state index contributed by atoms with van der Waals surface area (Å²) in [6.07, 6.45) is 1.34. The lowest BCUT2D eigenvalue weighted by molar-refractivity contribution is -0.200. The highest BCUT2D eigenvalue weighted by Gasteiger charge is 2.66. The summed E-state index contributed by atoms with van der Waals surface area (Å²) in [5.74, 6) is -1.96. The molecule has 1 unspecified atom stereocenters. The Morgan fingerprint density at radius 1 is 1.27 bits per heavy atom. The number of likely N-dealkylation sites (N-methyl/N-ethyl adjacent to an activating group) is 1. The van der Waals surface area contributed by atoms with E-state index < -0.39 is 16.4 Å². The van der Waals surface area contributed by atoms with Crippen molar-refractivity contribution in [3.63, 3.8) is 0 Å². The molecule has 1 heterocycles. The van der Waals surface area contributed by atoms with Gasteiger partial charge in [-0.2, -0.15) is 0 Å². The molecule has 0 spiro atoms. The highest BCUT2D eigenvalue weighted by Crippen LogP contribution is 2.51. The fourth-order valence-electron chi connectivity index (χ4n) is 2.99. The molecule has 0 saturated carbocycles. The van der Waals surface area contributed by atoms with Gasteiger partial charge in [0.1, 0.15) is 5.03 Å². The van der Waals surface area contributed by atoms with E-state index in [1.54, 1.807) is 0 Å². The Morgan fingerprint density at radius 2 is 1.82 bits per heavy atom. The van der Waals surface area contributed by atoms with Gasteiger partial charge >= 0.3 is 0 Å². The van der Waals surface area contributed by atoms with E-state index in [0.29, 0.717) is 18.8 Å². The first kappa shape index (κ1) is 17.5. The Labute approximate surface area is 140 Å². The molecular formula is C15H20Cl2N2O3. The first-order chi connectivity index (χ1) is 10.4. The van der Waals surface area contributed by atoms with Crippen LogP contribution in [0.5, 0.6) is 0 Å². The summed E-state index contributed by atoms with van der Waals surface area (Å²) in [5, 5.41) is 0.0368. The fraction of sp³-hybridized carbons (Fsp3) is 0.600. The fourth-order valence-corrected chi connectivity index (χ4v) is 3.84. The molecule has 2 rings (SSSR count). The largest absolute Gasteiger partial charge is 0.366 e. The van der Waals surface area contributed by atoms with Gasteiger partial charge in [0.25, 0.3) is 0 Å². The summed E-state index contributed by atoms with van der Waals surface area (Å²) in [6, 6.07) is 0. The minimum absolute atomic E-state index is 0.0368. The van der Waals surface area contributed by atoms with Crippen LogP contribution in [0.25, 0.3) is 0 Å². The lowest BCUT2D eigenvalue weighted by Crippen LogP contribution is -2.58. The first-order valence-electron chi connectivity index (χ1n) is 6.92. The molecular weight excluding hydrogens is 327 g/mol. The van der Waals surface area contributed by atoms with Crippen LogP contribution in [0.3, 0.4) is 0 Å². The van der Waals surface area contributed by atoms with Crippen molar-refractivity contribution < 1.29 is 14.3 Å². The van der Waals surface area contributed by atoms with E-state index in [1.165, 1.54) is 20.3 Å². The smallest absolute Gasteiger partial charge is 0.243 e. The van der Waals surface area contributed by atoms with Crippen molar-refractivity contribution in [2.75, 3.05) is 47.4 Å². The van der Waals surface area contributed by atoms with E-state index in [-0.39, 0.29) is 5.03 Å². The van der Waals surface area contributed by atoms with Gasteiger partial charge in [0.05, 0.1) is 5.70 Å². The first-order valence-corrected chi connectivity index (χ1v) is 7.68. The van der Waals surface area contributed by atoms with Crippen molar-refractivity contribution in [3.05, 3.63) is 29.1 Å². The molecule has 2 aliphatic rings. The van der Waals surface area contributed by atoms with Crippen molar-refractivity contribution in [2.45, 2.75) is 10.7 Å². The number of carbonyl (C=O) groups is 1. The molecule has 0 amide bonds. The van der Waals surface area contributed by atoms with E-state index >= 15 is 0 Å². The SMILES string of the molecule is C=C=CC1(Cl)C(=O)C(Cl)=C(N2CCN(C)CC2)C1(OC)OC. The number of hydrogen-bond acceptors (Lipinski definition) is 5. The molecule has 7 heteroatoms. The number of hydrogen-bond donors (Lipinski definition) is 0. The normalized spacial score (nSPS) is 29.0. The van der Waals surface area contributed by atoms with E-state index in [4.69, 9.17) is 32.7 Å². The zero-order valence-corrected chi connectivity index (χ0v) is 14.5. The number of carbonyl (C=O) groups excluding carboxylic acids is 1. The minimum atomic E-state index is -1.62. The molecule has 1 aliphatic heterocycles. The van der Waals surface area contributed by atoms with Crippen molar-refractivity contribution in [2.24, 2.45) is 0 Å². The minimum Gasteiger partial charge on any atom is -0.366 e. The number of ether oxygens (including phenoxy) is 2. The Bertz CT molecular complexity index is 545. The molecule has 1 saturated heterocycles. The number of nitrogens with zero attached hydrogens (tertiary/aromatic N) is 2. The van der Waals surface area contributed by atoms with Crippen LogP contribution in [-0.2, 0) is 14.3 Å². The average Bonchev–Trinajstić information content (AvgIpc) is 2.67. The monoisotopic (exact) mass is 346 g/mol. The van der Waals surface area contributed by atoms with Gasteiger partial charge in [0, 0.05) is 40.4 Å². The second kappa shape index (κ2) is 6.36. The van der Waals surface area contributed by atoms with Gasteiger partial charge in [0.2, 0.25) is 11.6 Å². The third-order valence-corrected chi connectivity index (χ3v) is 5.10. The molecule has 22 heavy (non-hydrogen) atoms. The van der Waals surface area contributed by atoms with Crippen LogP contribution >= 0.6 is 23.2 Å². The number of piperazine rings is 1. The molecule has 0 aromatic rings. The third kappa shape index (κ3) is 2.33. The number of allylic oxidation sites excluding steroid dienone is 1. The van der Waals surface area contributed by atoms with Gasteiger partial charge < -0.3 is 19.3 Å². The number of alkyl halides is 1. The quantitative estimate of drug-likeness (QED) is 0.439. The molecule has 1 fully saturated rings. The summed E-state index contributed by atoms with van der Waals surface area (Å²) in [7, 11) is 4.92. The van der Waals surface area contributed by atoms with Gasteiger partial charge in [-0.05, 0) is 13.1 Å². The number of methoxy groups -OCH3 is 2. The lowest BCUT2D eigenvalue weighted by atomic mass is 9.96. The maximum absolute atomic E-state index is 12.6. The molecule has 0 aromatic carbocycles. The van der Waals surface area contributed by atoms with Crippen LogP contribution in [0.4, 0.5) is 0 Å². The second-order valence-electron chi connectivity index (χ2n) is 5.37. The van der Waals surface area contributed by atoms with E-state index in [2.05, 4.69) is 17.2 Å². The molecule has 1 aliphatic carbocycles. The Kier molecular flexibility index (Phi) is 5.07. The van der Waals surface area contributed by atoms with Crippen molar-refractivity contribution in [1.29, 1.82) is 0 Å². The van der Waals surface area contributed by atoms with Gasteiger partial charge in [-0.15, -0.1) is 5.73 Å². The van der Waals surface area contributed by atoms with Crippen molar-refractivity contribution >= 4 is 29.0 Å². The molecule has 122 valence electrons. The maximum atomic E-state index is 12.6. The van der Waals surface area contributed by atoms with E-state index in [0.717, 1.165) is 13.1 Å². The summed E-state index contributed by atoms with van der Waals surface area (Å²) < 4.78 is 11.2. The van der Waals surface area contributed by atoms with Crippen LogP contribution in [0.2, 0.25) is 0 Å². The summed E-state index contributed by atoms with van der Waals surface area (Å²) in [5.41, 5.74) is 3.03. The number of halogens is 2. The number of Topliss-reactive ketones (excluding diaryl/α,β-unsaturated/α-hetero) is 1. The zero-order chi connectivity index (χ0) is 16.5. The second-order valence-corrected chi connectivity index (χ2v) is 6.34. The number of ketones is 1. The average molecular weight is 347 g/mol. The maximum Gasteiger partial charge on any atom is 0.243 e. The number of rotatable bonds is 4. The third-order valence-electron chi connectivity index (χ3n) is 4.22.